The maximum Gasteiger partial charge on any atom is 0.164 e. The van der Waals surface area contributed by atoms with E-state index in [1.165, 1.54) is 0 Å². The normalized spacial score (nSPS) is 16.6. The highest BCUT2D eigenvalue weighted by Gasteiger charge is 2.18. The molecule has 7 aromatic carbocycles. The van der Waals surface area contributed by atoms with E-state index < -0.39 is 153 Å². The number of nitrogens with zero attached hydrogens (tertiary/aromatic N) is 4. The van der Waals surface area contributed by atoms with Crippen LogP contribution in [0.15, 0.2) is 174 Å². The standard InChI is InChI=1S/C45H28N4O/c1-4-13-29(14-5-1)34-20-12-22-40-42(34)36-25-24-33(28-41(36)50-40)49-38-21-11-10-19-35(38)37-27-32(23-26-39(37)49)45-47-43(30-15-6-2-7-16-30)46-44(48-45)31-17-8-3-9-18-31/h1-28H/i1D,4D,5D,10D,11D,12D,13D,14D,19D,20D,21D,22D,23D,24D,25D,26D,27D,28D. The zero-order valence-corrected chi connectivity index (χ0v) is 25.5. The Balaban J connectivity index is 1.35. The lowest BCUT2D eigenvalue weighted by molar-refractivity contribution is 0.668. The zero-order valence-electron chi connectivity index (χ0n) is 43.5. The molecule has 0 bridgehead atoms. The first-order valence-electron chi connectivity index (χ1n) is 24.2. The SMILES string of the molecule is [2H]c1c([2H])c([2H])c(-c2c([2H])c([2H])c([2H])c3oc4c([2H])c(-n5c6c([2H])c([2H])c([2H])c([2H])c6c6c([2H])c(-c7nc(-c8ccccc8)nc(-c8ccccc8)n7)c([2H])c([2H])c65)c([2H])c([2H])c4c23)c([2H])c1[2H]. The molecule has 0 saturated heterocycles. The van der Waals surface area contributed by atoms with Crippen LogP contribution in [0, 0.1) is 0 Å². The van der Waals surface area contributed by atoms with Crippen LogP contribution in [0.1, 0.15) is 24.7 Å². The molecule has 0 unspecified atom stereocenters. The Labute approximate surface area is 313 Å². The van der Waals surface area contributed by atoms with Gasteiger partial charge in [0.25, 0.3) is 0 Å². The second-order valence-electron chi connectivity index (χ2n) is 11.1. The summed E-state index contributed by atoms with van der Waals surface area (Å²) >= 11 is 0. The van der Waals surface area contributed by atoms with Gasteiger partial charge in [-0.2, -0.15) is 0 Å². The summed E-state index contributed by atoms with van der Waals surface area (Å²) < 4.78 is 169. The molecule has 0 radical (unpaired) electrons. The van der Waals surface area contributed by atoms with Gasteiger partial charge in [-0.05, 0) is 53.4 Å². The lowest BCUT2D eigenvalue weighted by Gasteiger charge is -2.10. The van der Waals surface area contributed by atoms with Crippen LogP contribution >= 0.6 is 0 Å². The summed E-state index contributed by atoms with van der Waals surface area (Å²) in [5.74, 6) is 0.0994. The number of furan rings is 1. The van der Waals surface area contributed by atoms with Crippen molar-refractivity contribution < 1.29 is 29.1 Å². The van der Waals surface area contributed by atoms with Crippen molar-refractivity contribution in [3.63, 3.8) is 0 Å². The molecule has 5 nitrogen and oxygen atoms in total. The Morgan fingerprint density at radius 3 is 1.86 bits per heavy atom. The summed E-state index contributed by atoms with van der Waals surface area (Å²) in [4.78, 5) is 14.0. The van der Waals surface area contributed by atoms with Crippen LogP contribution in [0.25, 0.3) is 94.7 Å². The van der Waals surface area contributed by atoms with Gasteiger partial charge in [-0.25, -0.2) is 15.0 Å². The first-order chi connectivity index (χ1) is 32.3. The van der Waals surface area contributed by atoms with E-state index in [0.29, 0.717) is 11.1 Å². The molecule has 234 valence electrons. The fourth-order valence-electron chi connectivity index (χ4n) is 5.88. The highest BCUT2D eigenvalue weighted by Crippen LogP contribution is 2.39. The van der Waals surface area contributed by atoms with Gasteiger partial charge in [0.15, 0.2) is 17.5 Å². The van der Waals surface area contributed by atoms with E-state index in [9.17, 15) is 9.60 Å². The van der Waals surface area contributed by atoms with E-state index in [4.69, 9.17) is 19.5 Å². The fourth-order valence-corrected chi connectivity index (χ4v) is 5.88. The van der Waals surface area contributed by atoms with Gasteiger partial charge in [0.2, 0.25) is 0 Å². The van der Waals surface area contributed by atoms with Gasteiger partial charge in [-0.1, -0.05) is 121 Å². The highest BCUT2D eigenvalue weighted by atomic mass is 16.3. The van der Waals surface area contributed by atoms with Crippen LogP contribution in [0.4, 0.5) is 0 Å². The van der Waals surface area contributed by atoms with Crippen molar-refractivity contribution in [1.82, 2.24) is 19.5 Å². The Bertz CT molecular complexity index is 3810. The molecule has 0 spiro atoms. The molecule has 0 saturated carbocycles. The van der Waals surface area contributed by atoms with Crippen LogP contribution in [0.5, 0.6) is 0 Å². The van der Waals surface area contributed by atoms with Gasteiger partial charge >= 0.3 is 0 Å². The summed E-state index contributed by atoms with van der Waals surface area (Å²) in [6, 6.07) is 4.30. The first-order valence-corrected chi connectivity index (χ1v) is 15.2. The van der Waals surface area contributed by atoms with Gasteiger partial charge in [0.1, 0.15) is 11.2 Å². The highest BCUT2D eigenvalue weighted by molar-refractivity contribution is 6.14. The molecule has 0 fully saturated rings. The van der Waals surface area contributed by atoms with E-state index in [1.807, 2.05) is 0 Å². The number of hydrogen-bond acceptors (Lipinski definition) is 4. The molecule has 0 aliphatic rings. The lowest BCUT2D eigenvalue weighted by Crippen LogP contribution is -2.00. The summed E-state index contributed by atoms with van der Waals surface area (Å²) in [7, 11) is 0. The minimum absolute atomic E-state index is 0.157. The van der Waals surface area contributed by atoms with Crippen LogP contribution in [0.2, 0.25) is 0 Å². The lowest BCUT2D eigenvalue weighted by atomic mass is 9.99. The number of rotatable bonds is 5. The van der Waals surface area contributed by atoms with Crippen molar-refractivity contribution in [3.8, 4) is 51.0 Å². The summed E-state index contributed by atoms with van der Waals surface area (Å²) in [5, 5.41) is -1.44. The van der Waals surface area contributed by atoms with Crippen LogP contribution in [-0.2, 0) is 0 Å². The first kappa shape index (κ1) is 15.6. The van der Waals surface area contributed by atoms with Gasteiger partial charge in [-0.3, -0.25) is 0 Å². The maximum atomic E-state index is 9.77. The molecule has 0 amide bonds. The minimum atomic E-state index is -0.838. The average molecular weight is 659 g/mol. The van der Waals surface area contributed by atoms with E-state index >= 15 is 0 Å². The second-order valence-corrected chi connectivity index (χ2v) is 11.1. The van der Waals surface area contributed by atoms with Crippen molar-refractivity contribution in [2.24, 2.45) is 0 Å². The van der Waals surface area contributed by atoms with E-state index in [2.05, 4.69) is 15.0 Å². The number of benzene rings is 7. The molecule has 10 aromatic rings. The monoisotopic (exact) mass is 658 g/mol. The third-order valence-corrected chi connectivity index (χ3v) is 8.11. The number of aromatic nitrogens is 4. The largest absolute Gasteiger partial charge is 0.456 e. The van der Waals surface area contributed by atoms with Crippen molar-refractivity contribution in [2.45, 2.75) is 0 Å². The number of hydrogen-bond donors (Lipinski definition) is 0. The smallest absolute Gasteiger partial charge is 0.164 e. The van der Waals surface area contributed by atoms with Crippen molar-refractivity contribution in [2.75, 3.05) is 0 Å². The average Bonchev–Trinajstić information content (AvgIpc) is 3.92. The van der Waals surface area contributed by atoms with Crippen molar-refractivity contribution >= 4 is 43.7 Å². The minimum Gasteiger partial charge on any atom is -0.456 e. The molecule has 0 aliphatic carbocycles. The van der Waals surface area contributed by atoms with E-state index in [1.54, 1.807) is 60.7 Å². The molecule has 0 atom stereocenters. The molecule has 3 heterocycles. The van der Waals surface area contributed by atoms with Crippen molar-refractivity contribution in [3.05, 3.63) is 169 Å². The zero-order chi connectivity index (χ0) is 48.7. The second kappa shape index (κ2) is 11.4. The van der Waals surface area contributed by atoms with Gasteiger partial charge in [0, 0.05) is 50.0 Å². The fraction of sp³-hybridized carbons (Fsp3) is 0. The topological polar surface area (TPSA) is 56.7 Å². The van der Waals surface area contributed by atoms with Crippen LogP contribution in [-0.4, -0.2) is 19.5 Å². The molecule has 5 heteroatoms. The van der Waals surface area contributed by atoms with Gasteiger partial charge in [-0.15, -0.1) is 0 Å². The predicted molar refractivity (Wildman–Crippen MR) is 203 cm³/mol. The van der Waals surface area contributed by atoms with Crippen LogP contribution in [0.3, 0.4) is 0 Å². The van der Waals surface area contributed by atoms with Gasteiger partial charge < -0.3 is 8.98 Å². The molecular formula is C45H28N4O. The Hall–Kier alpha value is -6.85. The van der Waals surface area contributed by atoms with E-state index in [0.717, 1.165) is 4.57 Å². The molecule has 3 aromatic heterocycles. The maximum absolute atomic E-state index is 9.77. The Kier molecular flexibility index (Phi) is 3.55. The number of para-hydroxylation sites is 1. The third-order valence-electron chi connectivity index (χ3n) is 8.11. The Morgan fingerprint density at radius 1 is 0.460 bits per heavy atom. The summed E-state index contributed by atoms with van der Waals surface area (Å²) in [6.45, 7) is 0. The predicted octanol–water partition coefficient (Wildman–Crippen LogP) is 11.5. The molecule has 50 heavy (non-hydrogen) atoms. The van der Waals surface area contributed by atoms with Gasteiger partial charge in [0.05, 0.1) is 35.7 Å². The third kappa shape index (κ3) is 4.60. The van der Waals surface area contributed by atoms with Crippen molar-refractivity contribution in [1.29, 1.82) is 0 Å². The quantitative estimate of drug-likeness (QED) is 0.185. The molecule has 0 aliphatic heterocycles. The Morgan fingerprint density at radius 2 is 1.12 bits per heavy atom. The molecular weight excluding hydrogens is 613 g/mol. The molecule has 10 rings (SSSR count). The molecule has 0 N–H and O–H groups in total. The summed E-state index contributed by atoms with van der Waals surface area (Å²) in [6.07, 6.45) is 0. The number of fused-ring (bicyclic) bond motifs is 6. The van der Waals surface area contributed by atoms with Crippen LogP contribution < -0.4 is 0 Å². The van der Waals surface area contributed by atoms with E-state index in [-0.39, 0.29) is 39.2 Å². The summed E-state index contributed by atoms with van der Waals surface area (Å²) in [5.41, 5.74) is -2.82.